The van der Waals surface area contributed by atoms with Gasteiger partial charge in [-0.05, 0) is 11.1 Å². The van der Waals surface area contributed by atoms with Crippen LogP contribution in [-0.2, 0) is 17.8 Å². The Balaban J connectivity index is 1.59. The molecule has 2 heterocycles. The molecule has 2 aliphatic rings. The molecule has 0 aliphatic carbocycles. The first-order valence-electron chi connectivity index (χ1n) is 6.03. The molecule has 0 spiro atoms. The zero-order valence-electron chi connectivity index (χ0n) is 9.48. The predicted molar refractivity (Wildman–Crippen MR) is 63.2 cm³/mol. The van der Waals surface area contributed by atoms with Gasteiger partial charge in [-0.1, -0.05) is 24.3 Å². The van der Waals surface area contributed by atoms with Crippen molar-refractivity contribution in [1.82, 2.24) is 10.2 Å². The van der Waals surface area contributed by atoms with Crippen molar-refractivity contribution in [1.29, 1.82) is 0 Å². The molecule has 2 aliphatic heterocycles. The summed E-state index contributed by atoms with van der Waals surface area (Å²) in [6.07, 6.45) is 0.364. The monoisotopic (exact) mass is 218 g/mol. The average molecular weight is 218 g/mol. The van der Waals surface area contributed by atoms with Crippen molar-refractivity contribution in [2.24, 2.45) is 0 Å². The van der Waals surface area contributed by atoms with Gasteiger partial charge in [0.1, 0.15) is 0 Å². The van der Waals surface area contributed by atoms with E-state index >= 15 is 0 Å². The number of benzene rings is 1. The third-order valence-corrected chi connectivity index (χ3v) is 3.37. The van der Waals surface area contributed by atoms with Crippen LogP contribution < -0.4 is 5.32 Å². The van der Waals surface area contributed by atoms with Crippen LogP contribution in [0, 0.1) is 0 Å². The minimum Gasteiger partial charge on any atom is -0.374 e. The summed E-state index contributed by atoms with van der Waals surface area (Å²) in [6.45, 7) is 6.04. The van der Waals surface area contributed by atoms with Gasteiger partial charge < -0.3 is 10.1 Å². The maximum Gasteiger partial charge on any atom is 0.0826 e. The Morgan fingerprint density at radius 1 is 1.25 bits per heavy atom. The average Bonchev–Trinajstić information content (AvgIpc) is 2.72. The van der Waals surface area contributed by atoms with Crippen molar-refractivity contribution in [3.63, 3.8) is 0 Å². The maximum atomic E-state index is 5.73. The summed E-state index contributed by atoms with van der Waals surface area (Å²) in [6, 6.07) is 8.71. The Hall–Kier alpha value is -0.900. The molecule has 1 unspecified atom stereocenters. The van der Waals surface area contributed by atoms with E-state index in [4.69, 9.17) is 4.74 Å². The van der Waals surface area contributed by atoms with Crippen LogP contribution in [0.15, 0.2) is 24.3 Å². The summed E-state index contributed by atoms with van der Waals surface area (Å²) in [4.78, 5) is 2.47. The Morgan fingerprint density at radius 3 is 2.62 bits per heavy atom. The van der Waals surface area contributed by atoms with E-state index in [0.717, 1.165) is 39.3 Å². The topological polar surface area (TPSA) is 24.5 Å². The van der Waals surface area contributed by atoms with Gasteiger partial charge in [0, 0.05) is 32.7 Å². The minimum absolute atomic E-state index is 0.364. The van der Waals surface area contributed by atoms with Crippen LogP contribution in [0.1, 0.15) is 11.1 Å². The number of ether oxygens (including phenoxy) is 1. The number of hydrogen-bond donors (Lipinski definition) is 1. The fourth-order valence-electron chi connectivity index (χ4n) is 2.56. The van der Waals surface area contributed by atoms with Gasteiger partial charge in [-0.15, -0.1) is 0 Å². The van der Waals surface area contributed by atoms with Crippen molar-refractivity contribution >= 4 is 0 Å². The second-order valence-electron chi connectivity index (χ2n) is 4.64. The third-order valence-electron chi connectivity index (χ3n) is 3.37. The molecule has 1 aromatic rings. The van der Waals surface area contributed by atoms with Gasteiger partial charge in [0.25, 0.3) is 0 Å². The van der Waals surface area contributed by atoms with Crippen molar-refractivity contribution in [3.8, 4) is 0 Å². The zero-order chi connectivity index (χ0) is 10.8. The molecule has 86 valence electrons. The zero-order valence-corrected chi connectivity index (χ0v) is 9.48. The van der Waals surface area contributed by atoms with Gasteiger partial charge >= 0.3 is 0 Å². The normalized spacial score (nSPS) is 25.6. The van der Waals surface area contributed by atoms with Crippen molar-refractivity contribution in [2.75, 3.05) is 26.2 Å². The molecule has 0 aromatic heterocycles. The second-order valence-corrected chi connectivity index (χ2v) is 4.64. The smallest absolute Gasteiger partial charge is 0.0826 e. The van der Waals surface area contributed by atoms with Crippen LogP contribution in [0.25, 0.3) is 0 Å². The number of rotatable bonds is 2. The fraction of sp³-hybridized carbons (Fsp3) is 0.538. The lowest BCUT2D eigenvalue weighted by atomic mass is 10.1. The molecular formula is C13H18N2O. The van der Waals surface area contributed by atoms with E-state index < -0.39 is 0 Å². The van der Waals surface area contributed by atoms with E-state index in [2.05, 4.69) is 34.5 Å². The largest absolute Gasteiger partial charge is 0.374 e. The lowest BCUT2D eigenvalue weighted by Crippen LogP contribution is -2.44. The summed E-state index contributed by atoms with van der Waals surface area (Å²) in [7, 11) is 0. The van der Waals surface area contributed by atoms with E-state index in [9.17, 15) is 0 Å². The third kappa shape index (κ3) is 2.12. The minimum atomic E-state index is 0.364. The van der Waals surface area contributed by atoms with Gasteiger partial charge in [0.05, 0.1) is 12.7 Å². The highest BCUT2D eigenvalue weighted by atomic mass is 16.5. The molecule has 16 heavy (non-hydrogen) atoms. The molecule has 1 aromatic carbocycles. The summed E-state index contributed by atoms with van der Waals surface area (Å²) in [5.74, 6) is 0. The summed E-state index contributed by atoms with van der Waals surface area (Å²) in [5.41, 5.74) is 2.96. The number of fused-ring (bicyclic) bond motifs is 1. The van der Waals surface area contributed by atoms with Crippen molar-refractivity contribution in [2.45, 2.75) is 19.2 Å². The number of nitrogens with one attached hydrogen (secondary N) is 1. The van der Waals surface area contributed by atoms with Crippen LogP contribution in [0.5, 0.6) is 0 Å². The molecule has 0 bridgehead atoms. The molecule has 1 fully saturated rings. The van der Waals surface area contributed by atoms with Crippen LogP contribution in [0.2, 0.25) is 0 Å². The van der Waals surface area contributed by atoms with Crippen LogP contribution in [0.4, 0.5) is 0 Å². The lowest BCUT2D eigenvalue weighted by molar-refractivity contribution is 0.00471. The van der Waals surface area contributed by atoms with Crippen LogP contribution in [-0.4, -0.2) is 37.2 Å². The summed E-state index contributed by atoms with van der Waals surface area (Å²) >= 11 is 0. The van der Waals surface area contributed by atoms with E-state index in [1.807, 2.05) is 0 Å². The van der Waals surface area contributed by atoms with Gasteiger partial charge in [-0.2, -0.15) is 0 Å². The second kappa shape index (κ2) is 4.53. The highest BCUT2D eigenvalue weighted by Gasteiger charge is 2.22. The van der Waals surface area contributed by atoms with E-state index in [-0.39, 0.29) is 0 Å². The number of hydrogen-bond acceptors (Lipinski definition) is 3. The standard InChI is InChI=1S/C13H18N2O/c1-2-4-12-9-15(8-11(12)3-1)10-13-7-14-5-6-16-13/h1-4,13-14H,5-10H2. The Morgan fingerprint density at radius 2 is 2.00 bits per heavy atom. The van der Waals surface area contributed by atoms with Crippen molar-refractivity contribution < 1.29 is 4.74 Å². The molecule has 0 radical (unpaired) electrons. The fourth-order valence-corrected chi connectivity index (χ4v) is 2.56. The molecule has 1 atom stereocenters. The molecule has 1 N–H and O–H groups in total. The summed E-state index contributed by atoms with van der Waals surface area (Å²) in [5, 5.41) is 3.38. The molecule has 0 amide bonds. The Kier molecular flexibility index (Phi) is 2.91. The molecular weight excluding hydrogens is 200 g/mol. The van der Waals surface area contributed by atoms with Crippen LogP contribution >= 0.6 is 0 Å². The first-order chi connectivity index (χ1) is 7.92. The van der Waals surface area contributed by atoms with E-state index in [1.165, 1.54) is 11.1 Å². The molecule has 3 nitrogen and oxygen atoms in total. The highest BCUT2D eigenvalue weighted by molar-refractivity contribution is 5.30. The Labute approximate surface area is 96.4 Å². The van der Waals surface area contributed by atoms with Gasteiger partial charge in [0.2, 0.25) is 0 Å². The molecule has 3 rings (SSSR count). The Bertz CT molecular complexity index is 336. The number of nitrogens with zero attached hydrogens (tertiary/aromatic N) is 1. The van der Waals surface area contributed by atoms with E-state index in [1.54, 1.807) is 0 Å². The first-order valence-corrected chi connectivity index (χ1v) is 6.03. The van der Waals surface area contributed by atoms with E-state index in [0.29, 0.717) is 6.10 Å². The maximum absolute atomic E-state index is 5.73. The van der Waals surface area contributed by atoms with Gasteiger partial charge in [-0.25, -0.2) is 0 Å². The quantitative estimate of drug-likeness (QED) is 0.801. The van der Waals surface area contributed by atoms with Gasteiger partial charge in [-0.3, -0.25) is 4.90 Å². The number of morpholine rings is 1. The molecule has 0 saturated carbocycles. The first kappa shape index (κ1) is 10.3. The lowest BCUT2D eigenvalue weighted by Gasteiger charge is -2.27. The van der Waals surface area contributed by atoms with Crippen molar-refractivity contribution in [3.05, 3.63) is 35.4 Å². The molecule has 1 saturated heterocycles. The predicted octanol–water partition coefficient (Wildman–Crippen LogP) is 0.991. The van der Waals surface area contributed by atoms with Crippen LogP contribution in [0.3, 0.4) is 0 Å². The SMILES string of the molecule is c1ccc2c(c1)CN(CC1CNCCO1)C2. The van der Waals surface area contributed by atoms with Gasteiger partial charge in [0.15, 0.2) is 0 Å². The highest BCUT2D eigenvalue weighted by Crippen LogP contribution is 2.22. The summed E-state index contributed by atoms with van der Waals surface area (Å²) < 4.78 is 5.73. The molecule has 3 heteroatoms.